The van der Waals surface area contributed by atoms with Gasteiger partial charge >= 0.3 is 0 Å². The molecule has 0 unspecified atom stereocenters. The van der Waals surface area contributed by atoms with Crippen molar-refractivity contribution in [3.63, 3.8) is 0 Å². The molecule has 0 radical (unpaired) electrons. The van der Waals surface area contributed by atoms with E-state index < -0.39 is 0 Å². The van der Waals surface area contributed by atoms with Gasteiger partial charge < -0.3 is 0 Å². The molecule has 0 rings (SSSR count). The molecule has 2 heteroatoms. The van der Waals surface area contributed by atoms with Gasteiger partial charge in [0.15, 0.2) is 0 Å². The van der Waals surface area contributed by atoms with E-state index in [0.717, 1.165) is 5.57 Å². The molecule has 0 atom stereocenters. The molecule has 0 fully saturated rings. The Morgan fingerprint density at radius 1 is 1.50 bits per heavy atom. The topological polar surface area (TPSA) is 23.8 Å². The summed E-state index contributed by atoms with van der Waals surface area (Å²) in [6.45, 7) is 7.17. The second kappa shape index (κ2) is 4.89. The molecule has 0 saturated heterocycles. The summed E-state index contributed by atoms with van der Waals surface area (Å²) in [7, 11) is 0. The van der Waals surface area contributed by atoms with E-state index in [4.69, 9.17) is 5.26 Å². The van der Waals surface area contributed by atoms with Crippen LogP contribution in [0.25, 0.3) is 0 Å². The summed E-state index contributed by atoms with van der Waals surface area (Å²) < 4.78 is 0. The van der Waals surface area contributed by atoms with Crippen molar-refractivity contribution in [2.45, 2.75) is 6.42 Å². The zero-order chi connectivity index (χ0) is 7.98. The Morgan fingerprint density at radius 3 is 2.50 bits per heavy atom. The molecule has 0 heterocycles. The average molecular weight is 151 g/mol. The monoisotopic (exact) mass is 151 g/mol. The Hall–Kier alpha value is -0.940. The summed E-state index contributed by atoms with van der Waals surface area (Å²) in [5.74, 6) is 0. The van der Waals surface area contributed by atoms with Crippen molar-refractivity contribution in [2.75, 3.05) is 0 Å². The van der Waals surface area contributed by atoms with Crippen LogP contribution in [0.2, 0.25) is 0 Å². The maximum Gasteiger partial charge on any atom is 0.0669 e. The predicted octanol–water partition coefficient (Wildman–Crippen LogP) is 2.46. The Labute approximate surface area is 66.8 Å². The number of hydrogen-bond acceptors (Lipinski definition) is 2. The standard InChI is InChI=1S/C8H9NS/c1-7(5-6-9)3-4-8(2)10/h3-4,10H,1-2,5H2/b4-3-. The maximum atomic E-state index is 8.22. The van der Waals surface area contributed by atoms with Crippen LogP contribution in [0.4, 0.5) is 0 Å². The van der Waals surface area contributed by atoms with Gasteiger partial charge in [0, 0.05) is 0 Å². The third kappa shape index (κ3) is 5.20. The molecule has 0 aliphatic carbocycles. The highest BCUT2D eigenvalue weighted by Crippen LogP contribution is 2.03. The number of nitriles is 1. The largest absolute Gasteiger partial charge is 0.198 e. The highest BCUT2D eigenvalue weighted by molar-refractivity contribution is 7.84. The lowest BCUT2D eigenvalue weighted by atomic mass is 10.2. The van der Waals surface area contributed by atoms with Gasteiger partial charge in [-0.25, -0.2) is 0 Å². The van der Waals surface area contributed by atoms with Crippen molar-refractivity contribution in [2.24, 2.45) is 0 Å². The summed E-state index contributed by atoms with van der Waals surface area (Å²) in [6.07, 6.45) is 3.80. The fraction of sp³-hybridized carbons (Fsp3) is 0.125. The van der Waals surface area contributed by atoms with Gasteiger partial charge in [-0.1, -0.05) is 19.2 Å². The summed E-state index contributed by atoms with van der Waals surface area (Å²) in [6, 6.07) is 1.99. The number of allylic oxidation sites excluding steroid dienone is 3. The van der Waals surface area contributed by atoms with Gasteiger partial charge in [-0.15, -0.1) is 12.6 Å². The van der Waals surface area contributed by atoms with Crippen molar-refractivity contribution < 1.29 is 0 Å². The lowest BCUT2D eigenvalue weighted by Gasteiger charge is -1.87. The lowest BCUT2D eigenvalue weighted by molar-refractivity contribution is 1.29. The van der Waals surface area contributed by atoms with Gasteiger partial charge in [-0.05, 0) is 16.6 Å². The van der Waals surface area contributed by atoms with Crippen LogP contribution in [0.3, 0.4) is 0 Å². The summed E-state index contributed by atoms with van der Waals surface area (Å²) >= 11 is 3.94. The quantitative estimate of drug-likeness (QED) is 0.486. The van der Waals surface area contributed by atoms with Crippen LogP contribution in [0.15, 0.2) is 35.8 Å². The molecule has 0 aromatic carbocycles. The zero-order valence-corrected chi connectivity index (χ0v) is 6.56. The molecule has 0 saturated carbocycles. The normalized spacial score (nSPS) is 9.20. The lowest BCUT2D eigenvalue weighted by Crippen LogP contribution is -1.70. The van der Waals surface area contributed by atoms with Gasteiger partial charge in [0.05, 0.1) is 12.5 Å². The third-order valence-corrected chi connectivity index (χ3v) is 0.967. The Morgan fingerprint density at radius 2 is 2.10 bits per heavy atom. The van der Waals surface area contributed by atoms with Crippen LogP contribution in [0, 0.1) is 11.3 Å². The number of rotatable bonds is 3. The van der Waals surface area contributed by atoms with E-state index in [9.17, 15) is 0 Å². The first-order valence-corrected chi connectivity index (χ1v) is 3.22. The molecular formula is C8H9NS. The minimum absolute atomic E-state index is 0.359. The smallest absolute Gasteiger partial charge is 0.0669 e. The SMILES string of the molecule is C=C(S)/C=C\C(=C)CC#N. The van der Waals surface area contributed by atoms with E-state index >= 15 is 0 Å². The van der Waals surface area contributed by atoms with E-state index in [1.54, 1.807) is 12.2 Å². The minimum atomic E-state index is 0.359. The minimum Gasteiger partial charge on any atom is -0.198 e. The van der Waals surface area contributed by atoms with E-state index in [-0.39, 0.29) is 0 Å². The van der Waals surface area contributed by atoms with Gasteiger partial charge in [0.2, 0.25) is 0 Å². The second-order valence-electron chi connectivity index (χ2n) is 1.82. The molecule has 1 nitrogen and oxygen atoms in total. The van der Waals surface area contributed by atoms with Crippen molar-refractivity contribution in [1.29, 1.82) is 5.26 Å². The summed E-state index contributed by atoms with van der Waals surface area (Å²) in [5.41, 5.74) is 0.776. The van der Waals surface area contributed by atoms with Crippen LogP contribution < -0.4 is 0 Å². The molecule has 0 spiro atoms. The van der Waals surface area contributed by atoms with Gasteiger partial charge in [0.1, 0.15) is 0 Å². The molecule has 0 amide bonds. The average Bonchev–Trinajstić information content (AvgIpc) is 1.85. The van der Waals surface area contributed by atoms with Gasteiger partial charge in [-0.2, -0.15) is 5.26 Å². The Kier molecular flexibility index (Phi) is 4.43. The third-order valence-electron chi connectivity index (χ3n) is 0.818. The molecule has 0 aromatic rings. The van der Waals surface area contributed by atoms with E-state index in [2.05, 4.69) is 25.8 Å². The van der Waals surface area contributed by atoms with Gasteiger partial charge in [0.25, 0.3) is 0 Å². The van der Waals surface area contributed by atoms with Crippen molar-refractivity contribution >= 4 is 12.6 Å². The maximum absolute atomic E-state index is 8.22. The predicted molar refractivity (Wildman–Crippen MR) is 46.6 cm³/mol. The Balaban J connectivity index is 3.81. The first kappa shape index (κ1) is 9.06. The van der Waals surface area contributed by atoms with Crippen molar-refractivity contribution in [3.05, 3.63) is 35.8 Å². The fourth-order valence-electron chi connectivity index (χ4n) is 0.375. The molecule has 0 aliphatic rings. The van der Waals surface area contributed by atoms with Crippen LogP contribution in [0.5, 0.6) is 0 Å². The molecular weight excluding hydrogens is 142 g/mol. The van der Waals surface area contributed by atoms with Crippen LogP contribution in [-0.4, -0.2) is 0 Å². The Bertz CT molecular complexity index is 208. The van der Waals surface area contributed by atoms with E-state index in [0.29, 0.717) is 11.3 Å². The molecule has 0 aromatic heterocycles. The fourth-order valence-corrected chi connectivity index (χ4v) is 0.449. The summed E-state index contributed by atoms with van der Waals surface area (Å²) in [4.78, 5) is 0.666. The molecule has 0 aliphatic heterocycles. The van der Waals surface area contributed by atoms with Crippen LogP contribution >= 0.6 is 12.6 Å². The van der Waals surface area contributed by atoms with Crippen molar-refractivity contribution in [1.82, 2.24) is 0 Å². The number of thiol groups is 1. The van der Waals surface area contributed by atoms with E-state index in [1.165, 1.54) is 0 Å². The number of nitrogens with zero attached hydrogens (tertiary/aromatic N) is 1. The molecule has 0 bridgehead atoms. The van der Waals surface area contributed by atoms with Crippen molar-refractivity contribution in [3.8, 4) is 6.07 Å². The molecule has 52 valence electrons. The highest BCUT2D eigenvalue weighted by Gasteiger charge is 1.83. The van der Waals surface area contributed by atoms with Crippen LogP contribution in [0.1, 0.15) is 6.42 Å². The zero-order valence-electron chi connectivity index (χ0n) is 5.67. The molecule has 0 N–H and O–H groups in total. The number of hydrogen-bond donors (Lipinski definition) is 1. The van der Waals surface area contributed by atoms with Gasteiger partial charge in [-0.3, -0.25) is 0 Å². The van der Waals surface area contributed by atoms with Crippen LogP contribution in [-0.2, 0) is 0 Å². The highest BCUT2D eigenvalue weighted by atomic mass is 32.1. The first-order chi connectivity index (χ1) is 4.66. The summed E-state index contributed by atoms with van der Waals surface area (Å²) in [5, 5.41) is 8.22. The van der Waals surface area contributed by atoms with E-state index in [1.807, 2.05) is 6.07 Å². The second-order valence-corrected chi connectivity index (χ2v) is 2.39. The first-order valence-electron chi connectivity index (χ1n) is 2.77. The molecule has 10 heavy (non-hydrogen) atoms.